The second-order valence-corrected chi connectivity index (χ2v) is 5.88. The Balaban J connectivity index is 2.12. The van der Waals surface area contributed by atoms with Crippen LogP contribution in [0.4, 0.5) is 0 Å². The molecule has 80 valence electrons. The van der Waals surface area contributed by atoms with Crippen molar-refractivity contribution in [3.63, 3.8) is 0 Å². The molecule has 2 rings (SSSR count). The standard InChI is InChI=1S/C15H16Si/c1-12-7-6-8-14(11-12)13(2)16-15-9-4-3-5-10-15/h3-11,13H,1-2H3. The van der Waals surface area contributed by atoms with E-state index in [0.717, 1.165) is 9.52 Å². The summed E-state index contributed by atoms with van der Waals surface area (Å²) in [6.07, 6.45) is 0. The molecule has 0 saturated carbocycles. The van der Waals surface area contributed by atoms with Gasteiger partial charge in [-0.15, -0.1) is 0 Å². The summed E-state index contributed by atoms with van der Waals surface area (Å²) in [6.45, 7) is 4.46. The third-order valence-electron chi connectivity index (χ3n) is 2.70. The molecule has 1 heteroatoms. The smallest absolute Gasteiger partial charge is 0.0636 e. The maximum absolute atomic E-state index is 2.31. The van der Waals surface area contributed by atoms with Gasteiger partial charge in [-0.2, -0.15) is 0 Å². The first-order valence-electron chi connectivity index (χ1n) is 5.64. The molecule has 0 heterocycles. The van der Waals surface area contributed by atoms with E-state index in [1.807, 2.05) is 0 Å². The maximum atomic E-state index is 2.31. The molecule has 2 aromatic rings. The SMILES string of the molecule is Cc1cccc(C(C)[Si]c2ccccc2)c1. The molecule has 2 aromatic carbocycles. The van der Waals surface area contributed by atoms with Crippen LogP contribution in [0.3, 0.4) is 0 Å². The zero-order valence-corrected chi connectivity index (χ0v) is 10.8. The summed E-state index contributed by atoms with van der Waals surface area (Å²) in [4.78, 5) is 0. The molecule has 0 aliphatic carbocycles. The van der Waals surface area contributed by atoms with Gasteiger partial charge in [-0.3, -0.25) is 0 Å². The highest BCUT2D eigenvalue weighted by molar-refractivity contribution is 6.54. The lowest BCUT2D eigenvalue weighted by Crippen LogP contribution is -2.19. The molecule has 0 aliphatic heterocycles. The Labute approximate surface area is 100 Å². The van der Waals surface area contributed by atoms with E-state index < -0.39 is 0 Å². The maximum Gasteiger partial charge on any atom is 0.0887 e. The van der Waals surface area contributed by atoms with Crippen molar-refractivity contribution in [1.82, 2.24) is 0 Å². The second kappa shape index (κ2) is 5.13. The molecule has 0 bridgehead atoms. The molecule has 16 heavy (non-hydrogen) atoms. The van der Waals surface area contributed by atoms with Crippen LogP contribution in [0.5, 0.6) is 0 Å². The molecule has 0 saturated heterocycles. The van der Waals surface area contributed by atoms with Gasteiger partial charge >= 0.3 is 0 Å². The number of rotatable bonds is 3. The first-order valence-corrected chi connectivity index (χ1v) is 6.71. The van der Waals surface area contributed by atoms with Crippen LogP contribution < -0.4 is 5.19 Å². The van der Waals surface area contributed by atoms with E-state index in [2.05, 4.69) is 68.4 Å². The average molecular weight is 224 g/mol. The first kappa shape index (κ1) is 11.2. The zero-order valence-electron chi connectivity index (χ0n) is 9.77. The molecule has 0 aliphatic rings. The lowest BCUT2D eigenvalue weighted by molar-refractivity contribution is 1.07. The molecular weight excluding hydrogens is 208 g/mol. The van der Waals surface area contributed by atoms with Gasteiger partial charge in [0.15, 0.2) is 0 Å². The van der Waals surface area contributed by atoms with Crippen LogP contribution in [0.15, 0.2) is 54.6 Å². The van der Waals surface area contributed by atoms with E-state index in [4.69, 9.17) is 0 Å². The van der Waals surface area contributed by atoms with E-state index in [9.17, 15) is 0 Å². The highest BCUT2D eigenvalue weighted by Gasteiger charge is 2.07. The van der Waals surface area contributed by atoms with Crippen molar-refractivity contribution in [1.29, 1.82) is 0 Å². The Morgan fingerprint density at radius 3 is 2.38 bits per heavy atom. The summed E-state index contributed by atoms with van der Waals surface area (Å²) >= 11 is 0. The van der Waals surface area contributed by atoms with E-state index in [-0.39, 0.29) is 0 Å². The predicted octanol–water partition coefficient (Wildman–Crippen LogP) is 3.09. The van der Waals surface area contributed by atoms with Crippen LogP contribution in [0.25, 0.3) is 0 Å². The van der Waals surface area contributed by atoms with Crippen LogP contribution in [0, 0.1) is 6.92 Å². The summed E-state index contributed by atoms with van der Waals surface area (Å²) < 4.78 is 0. The van der Waals surface area contributed by atoms with E-state index in [1.54, 1.807) is 0 Å². The summed E-state index contributed by atoms with van der Waals surface area (Å²) in [5.74, 6) is 0. The predicted molar refractivity (Wildman–Crippen MR) is 71.4 cm³/mol. The van der Waals surface area contributed by atoms with Gasteiger partial charge in [-0.1, -0.05) is 72.3 Å². The lowest BCUT2D eigenvalue weighted by atomic mass is 10.1. The fraction of sp³-hybridized carbons (Fsp3) is 0.200. The Hall–Kier alpha value is -1.34. The van der Waals surface area contributed by atoms with Crippen molar-refractivity contribution in [2.45, 2.75) is 19.4 Å². The van der Waals surface area contributed by atoms with Crippen molar-refractivity contribution in [3.8, 4) is 0 Å². The van der Waals surface area contributed by atoms with Gasteiger partial charge < -0.3 is 0 Å². The normalized spacial score (nSPS) is 12.4. The quantitative estimate of drug-likeness (QED) is 0.703. The summed E-state index contributed by atoms with van der Waals surface area (Å²) in [5, 5.41) is 1.44. The summed E-state index contributed by atoms with van der Waals surface area (Å²) in [7, 11) is 0.852. The van der Waals surface area contributed by atoms with Crippen LogP contribution in [-0.4, -0.2) is 9.52 Å². The average Bonchev–Trinajstić information content (AvgIpc) is 2.30. The minimum atomic E-state index is 0.613. The Morgan fingerprint density at radius 1 is 0.938 bits per heavy atom. The van der Waals surface area contributed by atoms with Gasteiger partial charge in [-0.05, 0) is 18.0 Å². The van der Waals surface area contributed by atoms with Crippen LogP contribution in [0.1, 0.15) is 23.6 Å². The molecule has 0 fully saturated rings. The first-order chi connectivity index (χ1) is 7.75. The molecule has 1 unspecified atom stereocenters. The van der Waals surface area contributed by atoms with E-state index in [0.29, 0.717) is 5.54 Å². The highest BCUT2D eigenvalue weighted by atomic mass is 28.2. The number of benzene rings is 2. The van der Waals surface area contributed by atoms with Gasteiger partial charge in [0.25, 0.3) is 0 Å². The van der Waals surface area contributed by atoms with Gasteiger partial charge in [0, 0.05) is 0 Å². The van der Waals surface area contributed by atoms with Crippen molar-refractivity contribution in [2.75, 3.05) is 0 Å². The largest absolute Gasteiger partial charge is 0.0887 e. The molecule has 0 spiro atoms. The number of hydrogen-bond donors (Lipinski definition) is 0. The van der Waals surface area contributed by atoms with E-state index >= 15 is 0 Å². The third kappa shape index (κ3) is 2.83. The Bertz CT molecular complexity index is 448. The van der Waals surface area contributed by atoms with Crippen molar-refractivity contribution in [2.24, 2.45) is 0 Å². The van der Waals surface area contributed by atoms with Crippen molar-refractivity contribution < 1.29 is 0 Å². The van der Waals surface area contributed by atoms with Crippen molar-refractivity contribution >= 4 is 14.7 Å². The van der Waals surface area contributed by atoms with Crippen LogP contribution >= 0.6 is 0 Å². The zero-order chi connectivity index (χ0) is 11.4. The Morgan fingerprint density at radius 2 is 1.69 bits per heavy atom. The second-order valence-electron chi connectivity index (χ2n) is 4.15. The minimum absolute atomic E-state index is 0.613. The topological polar surface area (TPSA) is 0 Å². The van der Waals surface area contributed by atoms with Gasteiger partial charge in [0.05, 0.1) is 9.52 Å². The van der Waals surface area contributed by atoms with Gasteiger partial charge in [0.1, 0.15) is 0 Å². The minimum Gasteiger partial charge on any atom is -0.0636 e. The van der Waals surface area contributed by atoms with Crippen LogP contribution in [0.2, 0.25) is 0 Å². The summed E-state index contributed by atoms with van der Waals surface area (Å²) in [6, 6.07) is 19.6. The van der Waals surface area contributed by atoms with Crippen molar-refractivity contribution in [3.05, 3.63) is 65.7 Å². The van der Waals surface area contributed by atoms with Crippen LogP contribution in [-0.2, 0) is 0 Å². The molecule has 0 amide bonds. The fourth-order valence-corrected chi connectivity index (χ4v) is 3.04. The van der Waals surface area contributed by atoms with E-state index in [1.165, 1.54) is 16.3 Å². The third-order valence-corrected chi connectivity index (χ3v) is 4.13. The Kier molecular flexibility index (Phi) is 3.57. The number of aryl methyl sites for hydroxylation is 1. The number of hydrogen-bond acceptors (Lipinski definition) is 0. The van der Waals surface area contributed by atoms with Gasteiger partial charge in [0.2, 0.25) is 0 Å². The molecule has 2 radical (unpaired) electrons. The molecular formula is C15H16Si. The molecule has 1 atom stereocenters. The highest BCUT2D eigenvalue weighted by Crippen LogP contribution is 2.14. The lowest BCUT2D eigenvalue weighted by Gasteiger charge is -2.11. The summed E-state index contributed by atoms with van der Waals surface area (Å²) in [5.41, 5.74) is 3.41. The molecule has 0 aromatic heterocycles. The molecule has 0 N–H and O–H groups in total. The molecule has 0 nitrogen and oxygen atoms in total. The fourth-order valence-electron chi connectivity index (χ4n) is 1.81. The van der Waals surface area contributed by atoms with Gasteiger partial charge in [-0.25, -0.2) is 0 Å². The monoisotopic (exact) mass is 224 g/mol.